The van der Waals surface area contributed by atoms with Gasteiger partial charge in [0.2, 0.25) is 11.8 Å². The summed E-state index contributed by atoms with van der Waals surface area (Å²) >= 11 is 1.58. The zero-order chi connectivity index (χ0) is 21.4. The number of amides is 2. The van der Waals surface area contributed by atoms with Crippen molar-refractivity contribution in [3.05, 3.63) is 54.1 Å². The fourth-order valence-corrected chi connectivity index (χ4v) is 3.00. The number of thioether (sulfide) groups is 1. The third-order valence-corrected chi connectivity index (χ3v) is 4.81. The van der Waals surface area contributed by atoms with E-state index in [1.807, 2.05) is 18.4 Å². The predicted octanol–water partition coefficient (Wildman–Crippen LogP) is 4.33. The van der Waals surface area contributed by atoms with E-state index in [0.29, 0.717) is 12.2 Å². The summed E-state index contributed by atoms with van der Waals surface area (Å²) in [5.74, 6) is -0.937. The van der Waals surface area contributed by atoms with Crippen molar-refractivity contribution in [2.45, 2.75) is 18.0 Å². The topological polar surface area (TPSA) is 61.4 Å². The number of benzene rings is 2. The SMILES string of the molecule is CCN(CC(=O)Nc1ccc(SC)cc1)CC(=O)Nc1ccccc1C(F)(F)F. The Kier molecular flexibility index (Phi) is 8.10. The van der Waals surface area contributed by atoms with Crippen molar-refractivity contribution in [2.24, 2.45) is 0 Å². The number of halogens is 3. The Morgan fingerprint density at radius 2 is 1.55 bits per heavy atom. The number of carbonyl (C=O) groups excluding carboxylic acids is 2. The van der Waals surface area contributed by atoms with Gasteiger partial charge in [0, 0.05) is 10.6 Å². The Balaban J connectivity index is 1.93. The molecule has 2 aromatic rings. The van der Waals surface area contributed by atoms with E-state index in [4.69, 9.17) is 0 Å². The first kappa shape index (κ1) is 22.8. The summed E-state index contributed by atoms with van der Waals surface area (Å²) in [4.78, 5) is 27.0. The molecule has 0 aliphatic carbocycles. The second-order valence-electron chi connectivity index (χ2n) is 6.17. The summed E-state index contributed by atoms with van der Waals surface area (Å²) in [5.41, 5.74) is -0.588. The highest BCUT2D eigenvalue weighted by Gasteiger charge is 2.33. The van der Waals surface area contributed by atoms with Crippen LogP contribution in [0.2, 0.25) is 0 Å². The molecule has 29 heavy (non-hydrogen) atoms. The molecule has 0 bridgehead atoms. The minimum atomic E-state index is -4.57. The maximum atomic E-state index is 13.0. The van der Waals surface area contributed by atoms with Gasteiger partial charge in [-0.05, 0) is 49.2 Å². The number of rotatable bonds is 8. The fraction of sp³-hybridized carbons (Fsp3) is 0.300. The van der Waals surface area contributed by atoms with E-state index in [2.05, 4.69) is 10.6 Å². The summed E-state index contributed by atoms with van der Waals surface area (Å²) in [5, 5.41) is 5.02. The lowest BCUT2D eigenvalue weighted by molar-refractivity contribution is -0.137. The second kappa shape index (κ2) is 10.3. The molecule has 0 fully saturated rings. The number of hydrogen-bond acceptors (Lipinski definition) is 4. The number of alkyl halides is 3. The highest BCUT2D eigenvalue weighted by Crippen LogP contribution is 2.34. The molecule has 0 atom stereocenters. The van der Waals surface area contributed by atoms with E-state index >= 15 is 0 Å². The number of anilines is 2. The highest BCUT2D eigenvalue weighted by atomic mass is 32.2. The molecule has 2 rings (SSSR count). The quantitative estimate of drug-likeness (QED) is 0.618. The van der Waals surface area contributed by atoms with Gasteiger partial charge in [-0.3, -0.25) is 14.5 Å². The highest BCUT2D eigenvalue weighted by molar-refractivity contribution is 7.98. The van der Waals surface area contributed by atoms with Crippen LogP contribution in [0.5, 0.6) is 0 Å². The third kappa shape index (κ3) is 7.10. The van der Waals surface area contributed by atoms with Crippen LogP contribution in [0, 0.1) is 0 Å². The van der Waals surface area contributed by atoms with Gasteiger partial charge in [0.25, 0.3) is 0 Å². The van der Waals surface area contributed by atoms with Crippen LogP contribution >= 0.6 is 11.8 Å². The van der Waals surface area contributed by atoms with Crippen LogP contribution in [0.1, 0.15) is 12.5 Å². The molecule has 5 nitrogen and oxygen atoms in total. The molecule has 0 aromatic heterocycles. The molecule has 156 valence electrons. The van der Waals surface area contributed by atoms with E-state index in [9.17, 15) is 22.8 Å². The number of nitrogens with one attached hydrogen (secondary N) is 2. The summed E-state index contributed by atoms with van der Waals surface area (Å²) in [6.45, 7) is 1.88. The lowest BCUT2D eigenvalue weighted by Gasteiger charge is -2.20. The van der Waals surface area contributed by atoms with E-state index in [1.54, 1.807) is 30.8 Å². The van der Waals surface area contributed by atoms with Crippen LogP contribution in [0.3, 0.4) is 0 Å². The van der Waals surface area contributed by atoms with Crippen molar-refractivity contribution in [3.63, 3.8) is 0 Å². The van der Waals surface area contributed by atoms with Gasteiger partial charge in [0.1, 0.15) is 0 Å². The average molecular weight is 425 g/mol. The van der Waals surface area contributed by atoms with Crippen molar-refractivity contribution in [1.82, 2.24) is 4.90 Å². The summed E-state index contributed by atoms with van der Waals surface area (Å²) in [7, 11) is 0. The number of para-hydroxylation sites is 1. The molecule has 2 aromatic carbocycles. The molecule has 2 N–H and O–H groups in total. The normalized spacial score (nSPS) is 11.4. The molecule has 0 saturated carbocycles. The van der Waals surface area contributed by atoms with Gasteiger partial charge >= 0.3 is 6.18 Å². The molecule has 0 aliphatic heterocycles. The Morgan fingerprint density at radius 3 is 2.10 bits per heavy atom. The average Bonchev–Trinajstić information content (AvgIpc) is 2.67. The lowest BCUT2D eigenvalue weighted by Crippen LogP contribution is -2.38. The van der Waals surface area contributed by atoms with Crippen molar-refractivity contribution < 1.29 is 22.8 Å². The second-order valence-corrected chi connectivity index (χ2v) is 7.05. The third-order valence-electron chi connectivity index (χ3n) is 4.06. The molecule has 0 unspecified atom stereocenters. The van der Waals surface area contributed by atoms with Gasteiger partial charge in [-0.15, -0.1) is 11.8 Å². The van der Waals surface area contributed by atoms with Crippen LogP contribution in [0.15, 0.2) is 53.4 Å². The zero-order valence-electron chi connectivity index (χ0n) is 16.0. The first-order chi connectivity index (χ1) is 13.7. The Hall–Kier alpha value is -2.52. The van der Waals surface area contributed by atoms with E-state index in [1.165, 1.54) is 23.1 Å². The zero-order valence-corrected chi connectivity index (χ0v) is 16.9. The van der Waals surface area contributed by atoms with Crippen LogP contribution in [-0.2, 0) is 15.8 Å². The number of hydrogen-bond donors (Lipinski definition) is 2. The summed E-state index contributed by atoms with van der Waals surface area (Å²) in [6.07, 6.45) is -2.62. The van der Waals surface area contributed by atoms with Crippen molar-refractivity contribution in [1.29, 1.82) is 0 Å². The molecule has 9 heteroatoms. The monoisotopic (exact) mass is 425 g/mol. The summed E-state index contributed by atoms with van der Waals surface area (Å²) < 4.78 is 39.1. The first-order valence-electron chi connectivity index (χ1n) is 8.85. The molecule has 2 amide bonds. The van der Waals surface area contributed by atoms with Gasteiger partial charge in [-0.1, -0.05) is 19.1 Å². The van der Waals surface area contributed by atoms with E-state index < -0.39 is 17.6 Å². The first-order valence-corrected chi connectivity index (χ1v) is 10.1. The van der Waals surface area contributed by atoms with Gasteiger partial charge in [0.05, 0.1) is 24.3 Å². The van der Waals surface area contributed by atoms with Gasteiger partial charge in [0.15, 0.2) is 0 Å². The molecule has 0 radical (unpaired) electrons. The molecular weight excluding hydrogens is 403 g/mol. The molecule has 0 heterocycles. The van der Waals surface area contributed by atoms with Crippen LogP contribution in [-0.4, -0.2) is 42.6 Å². The largest absolute Gasteiger partial charge is 0.418 e. The molecular formula is C20H22F3N3O2S. The summed E-state index contributed by atoms with van der Waals surface area (Å²) in [6, 6.07) is 12.1. The van der Waals surface area contributed by atoms with E-state index in [0.717, 1.165) is 11.0 Å². The lowest BCUT2D eigenvalue weighted by atomic mass is 10.1. The van der Waals surface area contributed by atoms with Crippen LogP contribution in [0.4, 0.5) is 24.5 Å². The molecule has 0 saturated heterocycles. The standard InChI is InChI=1S/C20H22F3N3O2S/c1-3-26(12-18(27)24-14-8-10-15(29-2)11-9-14)13-19(28)25-17-7-5-4-6-16(17)20(21,22)23/h4-11H,3,12-13H2,1-2H3,(H,24,27)(H,25,28). The van der Waals surface area contributed by atoms with E-state index in [-0.39, 0.29) is 24.7 Å². The Labute approximate surface area is 171 Å². The van der Waals surface area contributed by atoms with Gasteiger partial charge < -0.3 is 10.6 Å². The minimum Gasteiger partial charge on any atom is -0.325 e. The van der Waals surface area contributed by atoms with Crippen LogP contribution in [0.25, 0.3) is 0 Å². The number of likely N-dealkylation sites (N-methyl/N-ethyl adjacent to an activating group) is 1. The van der Waals surface area contributed by atoms with Crippen molar-refractivity contribution in [2.75, 3.05) is 36.5 Å². The van der Waals surface area contributed by atoms with Gasteiger partial charge in [-0.25, -0.2) is 0 Å². The molecule has 0 aliphatic rings. The fourth-order valence-electron chi connectivity index (χ4n) is 2.59. The maximum Gasteiger partial charge on any atom is 0.418 e. The molecule has 0 spiro atoms. The smallest absolute Gasteiger partial charge is 0.325 e. The van der Waals surface area contributed by atoms with Crippen LogP contribution < -0.4 is 10.6 Å². The van der Waals surface area contributed by atoms with Crippen molar-refractivity contribution >= 4 is 35.0 Å². The Bertz CT molecular complexity index is 842. The van der Waals surface area contributed by atoms with Gasteiger partial charge in [-0.2, -0.15) is 13.2 Å². The minimum absolute atomic E-state index is 0.0604. The number of nitrogens with zero attached hydrogens (tertiary/aromatic N) is 1. The van der Waals surface area contributed by atoms with Crippen molar-refractivity contribution in [3.8, 4) is 0 Å². The predicted molar refractivity (Wildman–Crippen MR) is 109 cm³/mol. The number of carbonyl (C=O) groups is 2. The maximum absolute atomic E-state index is 13.0. The Morgan fingerprint density at radius 1 is 0.966 bits per heavy atom.